The fraction of sp³-hybridized carbons (Fsp3) is 0.500. The predicted molar refractivity (Wildman–Crippen MR) is 49.4 cm³/mol. The van der Waals surface area contributed by atoms with Crippen molar-refractivity contribution in [2.24, 2.45) is 0 Å². The molecule has 0 aliphatic carbocycles. The number of hydrogen-bond acceptors (Lipinski definition) is 2. The van der Waals surface area contributed by atoms with Crippen LogP contribution < -0.4 is 5.32 Å². The summed E-state index contributed by atoms with van der Waals surface area (Å²) in [6.45, 7) is 1.65. The highest BCUT2D eigenvalue weighted by molar-refractivity contribution is 5.25. The van der Waals surface area contributed by atoms with Gasteiger partial charge in [-0.25, -0.2) is 8.78 Å². The van der Waals surface area contributed by atoms with Gasteiger partial charge >= 0.3 is 0 Å². The summed E-state index contributed by atoms with van der Waals surface area (Å²) in [5, 5.41) is 3.15. The summed E-state index contributed by atoms with van der Waals surface area (Å²) in [5.41, 5.74) is 0.647. The topological polar surface area (TPSA) is 24.9 Å². The fourth-order valence-corrected chi connectivity index (χ4v) is 1.84. The van der Waals surface area contributed by atoms with Gasteiger partial charge in [0.25, 0.3) is 6.43 Å². The molecule has 1 aliphatic heterocycles. The van der Waals surface area contributed by atoms with E-state index in [0.29, 0.717) is 5.69 Å². The van der Waals surface area contributed by atoms with Crippen molar-refractivity contribution < 1.29 is 8.78 Å². The lowest BCUT2D eigenvalue weighted by Gasteiger charge is -2.12. The minimum Gasteiger partial charge on any atom is -0.316 e. The van der Waals surface area contributed by atoms with Crippen molar-refractivity contribution in [2.45, 2.75) is 18.8 Å². The lowest BCUT2D eigenvalue weighted by Crippen LogP contribution is -2.10. The van der Waals surface area contributed by atoms with Crippen molar-refractivity contribution in [1.82, 2.24) is 10.3 Å². The molecule has 0 amide bonds. The predicted octanol–water partition coefficient (Wildman–Crippen LogP) is 2.10. The van der Waals surface area contributed by atoms with Crippen LogP contribution >= 0.6 is 0 Å². The zero-order valence-electron chi connectivity index (χ0n) is 7.71. The third-order valence-corrected chi connectivity index (χ3v) is 2.55. The number of hydrogen-bond donors (Lipinski definition) is 1. The first kappa shape index (κ1) is 9.52. The average molecular weight is 198 g/mol. The molecule has 0 saturated carbocycles. The van der Waals surface area contributed by atoms with Crippen molar-refractivity contribution in [3.05, 3.63) is 29.6 Å². The van der Waals surface area contributed by atoms with Gasteiger partial charge in [0, 0.05) is 24.2 Å². The van der Waals surface area contributed by atoms with E-state index in [1.165, 1.54) is 6.07 Å². The summed E-state index contributed by atoms with van der Waals surface area (Å²) in [7, 11) is 0. The van der Waals surface area contributed by atoms with Crippen LogP contribution in [0.3, 0.4) is 0 Å². The maximum Gasteiger partial charge on any atom is 0.265 e. The lowest BCUT2D eigenvalue weighted by molar-refractivity contribution is 0.149. The number of halogens is 2. The van der Waals surface area contributed by atoms with Gasteiger partial charge in [-0.15, -0.1) is 0 Å². The Labute approximate surface area is 81.4 Å². The van der Waals surface area contributed by atoms with Crippen LogP contribution in [-0.2, 0) is 0 Å². The van der Waals surface area contributed by atoms with E-state index in [9.17, 15) is 8.78 Å². The second-order valence-electron chi connectivity index (χ2n) is 3.47. The van der Waals surface area contributed by atoms with Gasteiger partial charge in [-0.3, -0.25) is 4.98 Å². The van der Waals surface area contributed by atoms with E-state index < -0.39 is 6.43 Å². The highest BCUT2D eigenvalue weighted by atomic mass is 19.3. The van der Waals surface area contributed by atoms with E-state index in [4.69, 9.17) is 0 Å². The monoisotopic (exact) mass is 198 g/mol. The van der Waals surface area contributed by atoms with Crippen LogP contribution in [0.4, 0.5) is 8.78 Å². The van der Waals surface area contributed by atoms with Crippen molar-refractivity contribution in [3.8, 4) is 0 Å². The van der Waals surface area contributed by atoms with Gasteiger partial charge in [-0.1, -0.05) is 0 Å². The summed E-state index contributed by atoms with van der Waals surface area (Å²) in [5.74, 6) is 0.153. The standard InChI is InChI=1S/C10H12F2N2/c11-10(12)8-2-1-4-14-9(8)7-3-5-13-6-7/h1-2,4,7,10,13H,3,5-6H2. The smallest absolute Gasteiger partial charge is 0.265 e. The second kappa shape index (κ2) is 4.00. The summed E-state index contributed by atoms with van der Waals surface area (Å²) >= 11 is 0. The fourth-order valence-electron chi connectivity index (χ4n) is 1.84. The molecule has 1 aromatic rings. The minimum atomic E-state index is -2.42. The molecule has 1 fully saturated rings. The number of pyridine rings is 1. The van der Waals surface area contributed by atoms with Crippen LogP contribution in [0, 0.1) is 0 Å². The molecule has 0 bridgehead atoms. The first-order chi connectivity index (χ1) is 6.79. The van der Waals surface area contributed by atoms with E-state index in [2.05, 4.69) is 10.3 Å². The molecular formula is C10H12F2N2. The van der Waals surface area contributed by atoms with E-state index in [1.807, 2.05) is 0 Å². The number of rotatable bonds is 2. The maximum absolute atomic E-state index is 12.6. The first-order valence-electron chi connectivity index (χ1n) is 4.72. The summed E-state index contributed by atoms with van der Waals surface area (Å²) in [4.78, 5) is 4.06. The molecule has 2 nitrogen and oxygen atoms in total. The normalized spacial score (nSPS) is 21.8. The Bertz CT molecular complexity index is 309. The van der Waals surface area contributed by atoms with Crippen LogP contribution in [-0.4, -0.2) is 18.1 Å². The molecule has 1 saturated heterocycles. The highest BCUT2D eigenvalue weighted by Gasteiger charge is 2.23. The van der Waals surface area contributed by atoms with Gasteiger partial charge < -0.3 is 5.32 Å². The molecule has 1 atom stereocenters. The Morgan fingerprint density at radius 2 is 2.36 bits per heavy atom. The van der Waals surface area contributed by atoms with E-state index >= 15 is 0 Å². The largest absolute Gasteiger partial charge is 0.316 e. The van der Waals surface area contributed by atoms with E-state index in [0.717, 1.165) is 19.5 Å². The van der Waals surface area contributed by atoms with Gasteiger partial charge in [-0.2, -0.15) is 0 Å². The Morgan fingerprint density at radius 3 is 3.00 bits per heavy atom. The molecular weight excluding hydrogens is 186 g/mol. The molecule has 4 heteroatoms. The zero-order chi connectivity index (χ0) is 9.97. The number of alkyl halides is 2. The third-order valence-electron chi connectivity index (χ3n) is 2.55. The van der Waals surface area contributed by atoms with Crippen molar-refractivity contribution in [3.63, 3.8) is 0 Å². The first-order valence-corrected chi connectivity index (χ1v) is 4.72. The Balaban J connectivity index is 2.30. The average Bonchev–Trinajstić information content (AvgIpc) is 2.70. The molecule has 14 heavy (non-hydrogen) atoms. The molecule has 0 spiro atoms. The van der Waals surface area contributed by atoms with E-state index in [1.54, 1.807) is 12.3 Å². The van der Waals surface area contributed by atoms with Gasteiger partial charge in [0.2, 0.25) is 0 Å². The van der Waals surface area contributed by atoms with Crippen LogP contribution in [0.2, 0.25) is 0 Å². The van der Waals surface area contributed by atoms with Crippen molar-refractivity contribution in [1.29, 1.82) is 0 Å². The summed E-state index contributed by atoms with van der Waals surface area (Å²) in [6.07, 6.45) is 0.0651. The highest BCUT2D eigenvalue weighted by Crippen LogP contribution is 2.29. The molecule has 2 rings (SSSR count). The van der Waals surface area contributed by atoms with Gasteiger partial charge in [0.1, 0.15) is 0 Å². The number of aromatic nitrogens is 1. The van der Waals surface area contributed by atoms with Gasteiger partial charge in [0.05, 0.1) is 5.69 Å². The third kappa shape index (κ3) is 1.75. The van der Waals surface area contributed by atoms with Crippen molar-refractivity contribution in [2.75, 3.05) is 13.1 Å². The SMILES string of the molecule is FC(F)c1cccnc1C1CCNC1. The molecule has 1 aromatic heterocycles. The molecule has 0 radical (unpaired) electrons. The van der Waals surface area contributed by atoms with Crippen LogP contribution in [0.1, 0.15) is 30.0 Å². The Hall–Kier alpha value is -1.03. The molecule has 2 heterocycles. The number of nitrogens with zero attached hydrogens (tertiary/aromatic N) is 1. The van der Waals surface area contributed by atoms with Crippen LogP contribution in [0.15, 0.2) is 18.3 Å². The Morgan fingerprint density at radius 1 is 1.50 bits per heavy atom. The molecule has 1 N–H and O–H groups in total. The molecule has 1 aliphatic rings. The maximum atomic E-state index is 12.6. The molecule has 1 unspecified atom stereocenters. The second-order valence-corrected chi connectivity index (χ2v) is 3.47. The minimum absolute atomic E-state index is 0.0844. The van der Waals surface area contributed by atoms with Gasteiger partial charge in [0.15, 0.2) is 0 Å². The van der Waals surface area contributed by atoms with E-state index in [-0.39, 0.29) is 11.5 Å². The Kier molecular flexibility index (Phi) is 2.72. The van der Waals surface area contributed by atoms with Gasteiger partial charge in [-0.05, 0) is 25.1 Å². The number of nitrogens with one attached hydrogen (secondary N) is 1. The molecule has 76 valence electrons. The van der Waals surface area contributed by atoms with Crippen LogP contribution in [0.25, 0.3) is 0 Å². The quantitative estimate of drug-likeness (QED) is 0.787. The summed E-state index contributed by atoms with van der Waals surface area (Å²) in [6, 6.07) is 3.03. The molecule has 0 aromatic carbocycles. The van der Waals surface area contributed by atoms with Crippen LogP contribution in [0.5, 0.6) is 0 Å². The van der Waals surface area contributed by atoms with Crippen molar-refractivity contribution >= 4 is 0 Å². The summed E-state index contributed by atoms with van der Waals surface area (Å²) < 4.78 is 25.2. The lowest BCUT2D eigenvalue weighted by atomic mass is 9.99. The zero-order valence-corrected chi connectivity index (χ0v) is 7.71.